The third-order valence-electron chi connectivity index (χ3n) is 2.68. The van der Waals surface area contributed by atoms with Crippen molar-refractivity contribution < 1.29 is 14.7 Å². The Morgan fingerprint density at radius 1 is 1.30 bits per heavy atom. The molecule has 0 aliphatic carbocycles. The van der Waals surface area contributed by atoms with E-state index in [9.17, 15) is 9.59 Å². The maximum absolute atomic E-state index is 11.7. The van der Waals surface area contributed by atoms with Gasteiger partial charge in [-0.3, -0.25) is 4.79 Å². The topological polar surface area (TPSA) is 78.4 Å². The standard InChI is InChI=1S/C15H18N2O3/c1-2-7-13(12-8-4-3-5-9-12)17-15(20)16-11-6-10-14(18)19/h1,3-5,8-9,13H,6-7,10-11H2,(H,18,19)(H2,16,17,20). The molecule has 3 N–H and O–H groups in total. The molecule has 0 radical (unpaired) electrons. The van der Waals surface area contributed by atoms with Gasteiger partial charge in [0.1, 0.15) is 0 Å². The average molecular weight is 274 g/mol. The summed E-state index contributed by atoms with van der Waals surface area (Å²) in [7, 11) is 0. The Morgan fingerprint density at radius 3 is 2.60 bits per heavy atom. The first kappa shape index (κ1) is 15.6. The van der Waals surface area contributed by atoms with Crippen LogP contribution >= 0.6 is 0 Å². The summed E-state index contributed by atoms with van der Waals surface area (Å²) in [5.41, 5.74) is 0.936. The molecule has 0 spiro atoms. The van der Waals surface area contributed by atoms with E-state index in [4.69, 9.17) is 11.5 Å². The Labute approximate surface area is 118 Å². The lowest BCUT2D eigenvalue weighted by molar-refractivity contribution is -0.137. The highest BCUT2D eigenvalue weighted by molar-refractivity contribution is 5.74. The minimum absolute atomic E-state index is 0.0345. The molecular formula is C15H18N2O3. The van der Waals surface area contributed by atoms with Crippen molar-refractivity contribution in [2.24, 2.45) is 0 Å². The van der Waals surface area contributed by atoms with Crippen LogP contribution in [-0.4, -0.2) is 23.7 Å². The normalized spacial score (nSPS) is 11.2. The molecule has 0 heterocycles. The van der Waals surface area contributed by atoms with Crippen LogP contribution < -0.4 is 10.6 Å². The zero-order valence-corrected chi connectivity index (χ0v) is 11.1. The van der Waals surface area contributed by atoms with Gasteiger partial charge in [0, 0.05) is 19.4 Å². The zero-order chi connectivity index (χ0) is 14.8. The second-order valence-electron chi connectivity index (χ2n) is 4.27. The summed E-state index contributed by atoms with van der Waals surface area (Å²) < 4.78 is 0. The molecule has 5 heteroatoms. The van der Waals surface area contributed by atoms with Gasteiger partial charge in [0.25, 0.3) is 0 Å². The van der Waals surface area contributed by atoms with E-state index in [1.54, 1.807) is 0 Å². The molecule has 0 aliphatic heterocycles. The van der Waals surface area contributed by atoms with Crippen molar-refractivity contribution in [1.29, 1.82) is 0 Å². The van der Waals surface area contributed by atoms with E-state index >= 15 is 0 Å². The van der Waals surface area contributed by atoms with Crippen LogP contribution in [0.4, 0.5) is 4.79 Å². The predicted octanol–water partition coefficient (Wildman–Crippen LogP) is 1.92. The molecular weight excluding hydrogens is 256 g/mol. The summed E-state index contributed by atoms with van der Waals surface area (Å²) >= 11 is 0. The van der Waals surface area contributed by atoms with Crippen LogP contribution in [0.25, 0.3) is 0 Å². The summed E-state index contributed by atoms with van der Waals surface area (Å²) in [6.45, 7) is 0.315. The fourth-order valence-corrected chi connectivity index (χ4v) is 1.71. The summed E-state index contributed by atoms with van der Waals surface area (Å²) in [6, 6.07) is 8.85. The zero-order valence-electron chi connectivity index (χ0n) is 11.1. The highest BCUT2D eigenvalue weighted by Gasteiger charge is 2.12. The number of carbonyl (C=O) groups is 2. The molecule has 1 aromatic carbocycles. The van der Waals surface area contributed by atoms with Gasteiger partial charge in [-0.25, -0.2) is 4.79 Å². The summed E-state index contributed by atoms with van der Waals surface area (Å²) in [6.07, 6.45) is 6.14. The molecule has 20 heavy (non-hydrogen) atoms. The number of hydrogen-bond acceptors (Lipinski definition) is 2. The lowest BCUT2D eigenvalue weighted by Crippen LogP contribution is -2.38. The van der Waals surface area contributed by atoms with Crippen molar-refractivity contribution >= 4 is 12.0 Å². The van der Waals surface area contributed by atoms with Crippen molar-refractivity contribution in [3.63, 3.8) is 0 Å². The minimum Gasteiger partial charge on any atom is -0.481 e. The van der Waals surface area contributed by atoms with Crippen molar-refractivity contribution in [2.75, 3.05) is 6.54 Å². The van der Waals surface area contributed by atoms with Crippen LogP contribution in [0.1, 0.15) is 30.9 Å². The second-order valence-corrected chi connectivity index (χ2v) is 4.27. The van der Waals surface area contributed by atoms with Crippen molar-refractivity contribution in [1.82, 2.24) is 10.6 Å². The molecule has 1 unspecified atom stereocenters. The van der Waals surface area contributed by atoms with Crippen molar-refractivity contribution in [3.05, 3.63) is 35.9 Å². The van der Waals surface area contributed by atoms with Crippen LogP contribution in [-0.2, 0) is 4.79 Å². The third-order valence-corrected chi connectivity index (χ3v) is 2.68. The van der Waals surface area contributed by atoms with E-state index < -0.39 is 5.97 Å². The number of terminal acetylenes is 1. The van der Waals surface area contributed by atoms with Gasteiger partial charge in [0.05, 0.1) is 6.04 Å². The predicted molar refractivity (Wildman–Crippen MR) is 76.0 cm³/mol. The quantitative estimate of drug-likeness (QED) is 0.525. The molecule has 2 amide bonds. The average Bonchev–Trinajstić information content (AvgIpc) is 2.44. The fraction of sp³-hybridized carbons (Fsp3) is 0.333. The summed E-state index contributed by atoms with van der Waals surface area (Å²) in [4.78, 5) is 22.0. The molecule has 0 saturated heterocycles. The van der Waals surface area contributed by atoms with Crippen molar-refractivity contribution in [2.45, 2.75) is 25.3 Å². The number of aliphatic carboxylic acids is 1. The van der Waals surface area contributed by atoms with E-state index in [2.05, 4.69) is 16.6 Å². The number of hydrogen-bond donors (Lipinski definition) is 3. The number of benzene rings is 1. The second kappa shape index (κ2) is 8.59. The van der Waals surface area contributed by atoms with Gasteiger partial charge in [0.2, 0.25) is 0 Å². The highest BCUT2D eigenvalue weighted by Crippen LogP contribution is 2.15. The SMILES string of the molecule is C#CCC(NC(=O)NCCCC(=O)O)c1ccccc1. The maximum Gasteiger partial charge on any atom is 0.315 e. The summed E-state index contributed by atoms with van der Waals surface area (Å²) in [5, 5.41) is 13.9. The number of carboxylic acids is 1. The van der Waals surface area contributed by atoms with E-state index in [0.717, 1.165) is 5.56 Å². The van der Waals surface area contributed by atoms with Gasteiger partial charge in [-0.05, 0) is 12.0 Å². The van der Waals surface area contributed by atoms with Gasteiger partial charge >= 0.3 is 12.0 Å². The fourth-order valence-electron chi connectivity index (χ4n) is 1.71. The molecule has 0 aromatic heterocycles. The molecule has 0 bridgehead atoms. The largest absolute Gasteiger partial charge is 0.481 e. The Bertz CT molecular complexity index is 480. The molecule has 1 aromatic rings. The van der Waals surface area contributed by atoms with Gasteiger partial charge in [0.15, 0.2) is 0 Å². The molecule has 1 rings (SSSR count). The monoisotopic (exact) mass is 274 g/mol. The minimum atomic E-state index is -0.873. The van der Waals surface area contributed by atoms with Crippen LogP contribution in [0.3, 0.4) is 0 Å². The van der Waals surface area contributed by atoms with E-state index in [1.807, 2.05) is 30.3 Å². The molecule has 0 saturated carbocycles. The molecule has 0 aliphatic rings. The Hall–Kier alpha value is -2.48. The van der Waals surface area contributed by atoms with E-state index in [0.29, 0.717) is 19.4 Å². The van der Waals surface area contributed by atoms with E-state index in [-0.39, 0.29) is 18.5 Å². The lowest BCUT2D eigenvalue weighted by Gasteiger charge is -2.17. The van der Waals surface area contributed by atoms with Gasteiger partial charge in [-0.15, -0.1) is 12.3 Å². The van der Waals surface area contributed by atoms with Gasteiger partial charge in [-0.1, -0.05) is 30.3 Å². The van der Waals surface area contributed by atoms with Crippen LogP contribution in [0.2, 0.25) is 0 Å². The molecule has 5 nitrogen and oxygen atoms in total. The number of carbonyl (C=O) groups excluding carboxylic acids is 1. The Kier molecular flexibility index (Phi) is 6.69. The molecule has 0 fully saturated rings. The number of rotatable bonds is 7. The first-order valence-corrected chi connectivity index (χ1v) is 6.38. The summed E-state index contributed by atoms with van der Waals surface area (Å²) in [5.74, 6) is 1.66. The van der Waals surface area contributed by atoms with E-state index in [1.165, 1.54) is 0 Å². The van der Waals surface area contributed by atoms with Crippen molar-refractivity contribution in [3.8, 4) is 12.3 Å². The first-order chi connectivity index (χ1) is 9.63. The highest BCUT2D eigenvalue weighted by atomic mass is 16.4. The number of carboxylic acid groups (broad SMARTS) is 1. The Morgan fingerprint density at radius 2 is 2.00 bits per heavy atom. The van der Waals surface area contributed by atoms with Gasteiger partial charge in [-0.2, -0.15) is 0 Å². The van der Waals surface area contributed by atoms with Crippen LogP contribution in [0.15, 0.2) is 30.3 Å². The number of urea groups is 1. The molecule has 1 atom stereocenters. The Balaban J connectivity index is 2.44. The third kappa shape index (κ3) is 5.91. The first-order valence-electron chi connectivity index (χ1n) is 6.38. The lowest BCUT2D eigenvalue weighted by atomic mass is 10.0. The molecule has 106 valence electrons. The van der Waals surface area contributed by atoms with Crippen LogP contribution in [0.5, 0.6) is 0 Å². The number of nitrogens with one attached hydrogen (secondary N) is 2. The smallest absolute Gasteiger partial charge is 0.315 e. The van der Waals surface area contributed by atoms with Crippen LogP contribution in [0, 0.1) is 12.3 Å². The van der Waals surface area contributed by atoms with Gasteiger partial charge < -0.3 is 15.7 Å². The number of amides is 2. The maximum atomic E-state index is 11.7.